The first-order valence-corrected chi connectivity index (χ1v) is 6.24. The lowest BCUT2D eigenvalue weighted by atomic mass is 10.2. The van der Waals surface area contributed by atoms with E-state index in [-0.39, 0.29) is 13.0 Å². The summed E-state index contributed by atoms with van der Waals surface area (Å²) in [7, 11) is 0. The number of hydrogen-bond acceptors (Lipinski definition) is 6. The Morgan fingerprint density at radius 3 is 2.80 bits per heavy atom. The number of rotatable bonds is 3. The highest BCUT2D eigenvalue weighted by molar-refractivity contribution is 5.83. The Kier molecular flexibility index (Phi) is 3.07. The number of nitrogens with two attached hydrogens (primary N) is 1. The van der Waals surface area contributed by atoms with Crippen molar-refractivity contribution < 1.29 is 9.90 Å². The van der Waals surface area contributed by atoms with Crippen LogP contribution in [0.15, 0.2) is 30.3 Å². The van der Waals surface area contributed by atoms with Gasteiger partial charge >= 0.3 is 0 Å². The molecule has 0 unspecified atom stereocenters. The molecule has 1 aromatic heterocycles. The fraction of sp³-hybridized carbons (Fsp3) is 0.333. The number of para-hydroxylation sites is 1. The highest BCUT2D eigenvalue weighted by Crippen LogP contribution is 2.25. The van der Waals surface area contributed by atoms with Crippen molar-refractivity contribution in [1.82, 2.24) is 20.2 Å². The first-order chi connectivity index (χ1) is 9.66. The maximum absolute atomic E-state index is 11.5. The SMILES string of the molecule is NC(=O)[C@H]1C[C@H](O)CN1c1nnnn1-c1ccccc1. The van der Waals surface area contributed by atoms with Crippen LogP contribution in [-0.4, -0.2) is 49.9 Å². The minimum Gasteiger partial charge on any atom is -0.391 e. The molecule has 1 fully saturated rings. The van der Waals surface area contributed by atoms with Crippen molar-refractivity contribution in [3.05, 3.63) is 30.3 Å². The predicted molar refractivity (Wildman–Crippen MR) is 70.1 cm³/mol. The van der Waals surface area contributed by atoms with E-state index in [0.717, 1.165) is 5.69 Å². The highest BCUT2D eigenvalue weighted by atomic mass is 16.3. The molecular weight excluding hydrogens is 260 g/mol. The number of β-amino-alcohol motifs (C(OH)–C–C–N with tert-alkyl or cyclic N) is 1. The molecule has 3 N–H and O–H groups in total. The number of primary amides is 1. The van der Waals surface area contributed by atoms with Gasteiger partial charge in [0.25, 0.3) is 5.95 Å². The summed E-state index contributed by atoms with van der Waals surface area (Å²) < 4.78 is 1.52. The summed E-state index contributed by atoms with van der Waals surface area (Å²) in [6, 6.07) is 8.73. The van der Waals surface area contributed by atoms with Gasteiger partial charge in [-0.1, -0.05) is 23.3 Å². The molecule has 1 aliphatic heterocycles. The summed E-state index contributed by atoms with van der Waals surface area (Å²) in [4.78, 5) is 13.1. The molecule has 0 radical (unpaired) electrons. The van der Waals surface area contributed by atoms with Crippen LogP contribution in [0.25, 0.3) is 5.69 Å². The Morgan fingerprint density at radius 1 is 1.35 bits per heavy atom. The fourth-order valence-corrected chi connectivity index (χ4v) is 2.40. The number of aromatic nitrogens is 4. The molecule has 8 nitrogen and oxygen atoms in total. The van der Waals surface area contributed by atoms with Crippen LogP contribution in [0.3, 0.4) is 0 Å². The van der Waals surface area contributed by atoms with Crippen LogP contribution in [0, 0.1) is 0 Å². The van der Waals surface area contributed by atoms with E-state index in [0.29, 0.717) is 5.95 Å². The van der Waals surface area contributed by atoms with Gasteiger partial charge in [-0.3, -0.25) is 4.79 Å². The van der Waals surface area contributed by atoms with Gasteiger partial charge in [0.05, 0.1) is 11.8 Å². The molecule has 2 heterocycles. The molecular formula is C12H14N6O2. The number of carbonyl (C=O) groups is 1. The van der Waals surface area contributed by atoms with Gasteiger partial charge in [0, 0.05) is 13.0 Å². The number of nitrogens with zero attached hydrogens (tertiary/aromatic N) is 5. The number of anilines is 1. The summed E-state index contributed by atoms with van der Waals surface area (Å²) in [6.07, 6.45) is -0.329. The van der Waals surface area contributed by atoms with Gasteiger partial charge in [-0.25, -0.2) is 0 Å². The van der Waals surface area contributed by atoms with Crippen LogP contribution in [0.5, 0.6) is 0 Å². The van der Waals surface area contributed by atoms with Crippen molar-refractivity contribution in [2.75, 3.05) is 11.4 Å². The molecule has 1 aliphatic rings. The maximum Gasteiger partial charge on any atom is 0.251 e. The van der Waals surface area contributed by atoms with Crippen LogP contribution < -0.4 is 10.6 Å². The monoisotopic (exact) mass is 274 g/mol. The Bertz CT molecular complexity index is 613. The molecule has 20 heavy (non-hydrogen) atoms. The van der Waals surface area contributed by atoms with Crippen molar-refractivity contribution in [3.8, 4) is 5.69 Å². The molecule has 1 aromatic carbocycles. The zero-order valence-electron chi connectivity index (χ0n) is 10.6. The summed E-state index contributed by atoms with van der Waals surface area (Å²) in [6.45, 7) is 0.279. The minimum atomic E-state index is -0.617. The lowest BCUT2D eigenvalue weighted by Crippen LogP contribution is -2.41. The van der Waals surface area contributed by atoms with Crippen molar-refractivity contribution >= 4 is 11.9 Å². The Morgan fingerprint density at radius 2 is 2.10 bits per heavy atom. The normalized spacial score (nSPS) is 22.1. The summed E-state index contributed by atoms with van der Waals surface area (Å²) in [5, 5.41) is 21.3. The van der Waals surface area contributed by atoms with Crippen molar-refractivity contribution in [2.24, 2.45) is 5.73 Å². The smallest absolute Gasteiger partial charge is 0.251 e. The number of aliphatic hydroxyl groups is 1. The average Bonchev–Trinajstić information content (AvgIpc) is 3.05. The number of hydrogen-bond donors (Lipinski definition) is 2. The predicted octanol–water partition coefficient (Wildman–Crippen LogP) is -0.913. The van der Waals surface area contributed by atoms with Gasteiger partial charge in [-0.15, -0.1) is 0 Å². The highest BCUT2D eigenvalue weighted by Gasteiger charge is 2.37. The van der Waals surface area contributed by atoms with Crippen LogP contribution in [0.1, 0.15) is 6.42 Å². The summed E-state index contributed by atoms with van der Waals surface area (Å²) in [5.41, 5.74) is 6.15. The number of aliphatic hydroxyl groups excluding tert-OH is 1. The molecule has 2 atom stereocenters. The number of carbonyl (C=O) groups excluding carboxylic acids is 1. The molecule has 8 heteroatoms. The molecule has 104 valence electrons. The zero-order valence-corrected chi connectivity index (χ0v) is 10.6. The largest absolute Gasteiger partial charge is 0.391 e. The standard InChI is InChI=1S/C12H14N6O2/c13-11(20)10-6-9(19)7-17(10)12-14-15-16-18(12)8-4-2-1-3-5-8/h1-5,9-10,19H,6-7H2,(H2,13,20)/t9-,10+/m0/s1. The van der Waals surface area contributed by atoms with E-state index in [1.54, 1.807) is 4.90 Å². The molecule has 1 amide bonds. The third-order valence-corrected chi connectivity index (χ3v) is 3.32. The lowest BCUT2D eigenvalue weighted by molar-refractivity contribution is -0.119. The number of benzene rings is 1. The van der Waals surface area contributed by atoms with Gasteiger partial charge in [0.15, 0.2) is 0 Å². The second-order valence-electron chi connectivity index (χ2n) is 4.69. The Balaban J connectivity index is 1.99. The van der Waals surface area contributed by atoms with Gasteiger partial charge < -0.3 is 15.7 Å². The second-order valence-corrected chi connectivity index (χ2v) is 4.69. The van der Waals surface area contributed by atoms with E-state index in [4.69, 9.17) is 5.73 Å². The third kappa shape index (κ3) is 2.10. The average molecular weight is 274 g/mol. The van der Waals surface area contributed by atoms with Crippen LogP contribution >= 0.6 is 0 Å². The van der Waals surface area contributed by atoms with Crippen molar-refractivity contribution in [2.45, 2.75) is 18.6 Å². The van der Waals surface area contributed by atoms with Crippen LogP contribution in [-0.2, 0) is 4.79 Å². The van der Waals surface area contributed by atoms with E-state index in [1.165, 1.54) is 4.68 Å². The van der Waals surface area contributed by atoms with Crippen LogP contribution in [0.4, 0.5) is 5.95 Å². The summed E-state index contributed by atoms with van der Waals surface area (Å²) >= 11 is 0. The van der Waals surface area contributed by atoms with E-state index < -0.39 is 18.1 Å². The molecule has 0 saturated carbocycles. The van der Waals surface area contributed by atoms with Crippen molar-refractivity contribution in [1.29, 1.82) is 0 Å². The minimum absolute atomic E-state index is 0.279. The Hall–Kier alpha value is -2.48. The van der Waals surface area contributed by atoms with Gasteiger partial charge in [0.2, 0.25) is 5.91 Å². The first kappa shape index (κ1) is 12.5. The molecule has 0 spiro atoms. The first-order valence-electron chi connectivity index (χ1n) is 6.24. The zero-order chi connectivity index (χ0) is 14.1. The van der Waals surface area contributed by atoms with E-state index >= 15 is 0 Å². The second kappa shape index (κ2) is 4.89. The molecule has 1 saturated heterocycles. The third-order valence-electron chi connectivity index (χ3n) is 3.32. The molecule has 0 aliphatic carbocycles. The number of amides is 1. The maximum atomic E-state index is 11.5. The lowest BCUT2D eigenvalue weighted by Gasteiger charge is -2.21. The quantitative estimate of drug-likeness (QED) is 0.749. The summed E-state index contributed by atoms with van der Waals surface area (Å²) in [5.74, 6) is -0.0966. The number of tetrazole rings is 1. The fourth-order valence-electron chi connectivity index (χ4n) is 2.40. The topological polar surface area (TPSA) is 110 Å². The molecule has 0 bridgehead atoms. The van der Waals surface area contributed by atoms with E-state index in [1.807, 2.05) is 30.3 Å². The van der Waals surface area contributed by atoms with Gasteiger partial charge in [0.1, 0.15) is 6.04 Å². The van der Waals surface area contributed by atoms with Gasteiger partial charge in [-0.05, 0) is 22.6 Å². The van der Waals surface area contributed by atoms with E-state index in [2.05, 4.69) is 15.5 Å². The van der Waals surface area contributed by atoms with Gasteiger partial charge in [-0.2, -0.15) is 4.68 Å². The van der Waals surface area contributed by atoms with Crippen molar-refractivity contribution in [3.63, 3.8) is 0 Å². The molecule has 2 aromatic rings. The molecule has 3 rings (SSSR count). The van der Waals surface area contributed by atoms with Crippen LogP contribution in [0.2, 0.25) is 0 Å². The Labute approximate surface area is 114 Å². The van der Waals surface area contributed by atoms with E-state index in [9.17, 15) is 9.90 Å².